The smallest absolute Gasteiger partial charge is 0.408 e. The van der Waals surface area contributed by atoms with Crippen LogP contribution in [0.4, 0.5) is 10.6 Å². The number of H-pyrrole nitrogens is 1. The molecule has 4 N–H and O–H groups in total. The van der Waals surface area contributed by atoms with Gasteiger partial charge in [-0.05, 0) is 44.0 Å². The van der Waals surface area contributed by atoms with Crippen molar-refractivity contribution in [1.29, 1.82) is 0 Å². The summed E-state index contributed by atoms with van der Waals surface area (Å²) in [6.45, 7) is 5.31. The molecule has 0 fully saturated rings. The Kier molecular flexibility index (Phi) is 8.19. The summed E-state index contributed by atoms with van der Waals surface area (Å²) >= 11 is 0. The fraction of sp³-hybridized carbons (Fsp3) is 0.258. The summed E-state index contributed by atoms with van der Waals surface area (Å²) in [4.78, 5) is 46.0. The second-order valence-electron chi connectivity index (χ2n) is 10.9. The van der Waals surface area contributed by atoms with Crippen LogP contribution in [0.25, 0.3) is 21.8 Å². The molecule has 1 atom stereocenters. The second-order valence-corrected chi connectivity index (χ2v) is 10.9. The molecule has 3 heterocycles. The molecular formula is C31H33N7O4. The Hall–Kier alpha value is -5.19. The van der Waals surface area contributed by atoms with Crippen LogP contribution < -0.4 is 16.0 Å². The lowest BCUT2D eigenvalue weighted by molar-refractivity contribution is -0.125. The summed E-state index contributed by atoms with van der Waals surface area (Å²) < 4.78 is 6.91. The van der Waals surface area contributed by atoms with E-state index in [1.54, 1.807) is 43.9 Å². The maximum absolute atomic E-state index is 13.5. The van der Waals surface area contributed by atoms with E-state index < -0.39 is 29.6 Å². The predicted octanol–water partition coefficient (Wildman–Crippen LogP) is 4.15. The number of aromatic nitrogens is 4. The van der Waals surface area contributed by atoms with Crippen LogP contribution in [0.3, 0.4) is 0 Å². The molecule has 0 saturated heterocycles. The predicted molar refractivity (Wildman–Crippen MR) is 160 cm³/mol. The van der Waals surface area contributed by atoms with Gasteiger partial charge < -0.3 is 25.7 Å². The monoisotopic (exact) mass is 567 g/mol. The van der Waals surface area contributed by atoms with Crippen LogP contribution in [0.2, 0.25) is 0 Å². The number of nitrogens with one attached hydrogen (secondary N) is 4. The average molecular weight is 568 g/mol. The number of rotatable bonds is 9. The Morgan fingerprint density at radius 1 is 1.00 bits per heavy atom. The molecule has 0 aliphatic heterocycles. The van der Waals surface area contributed by atoms with Crippen LogP contribution >= 0.6 is 0 Å². The minimum Gasteiger partial charge on any atom is -0.444 e. The maximum Gasteiger partial charge on any atom is 0.408 e. The summed E-state index contributed by atoms with van der Waals surface area (Å²) in [6, 6.07) is 18.4. The van der Waals surface area contributed by atoms with Crippen LogP contribution in [-0.4, -0.2) is 55.8 Å². The normalized spacial score (nSPS) is 12.2. The van der Waals surface area contributed by atoms with Crippen LogP contribution in [-0.2, 0) is 27.3 Å². The average Bonchev–Trinajstić information content (AvgIpc) is 3.57. The third kappa shape index (κ3) is 7.11. The van der Waals surface area contributed by atoms with Gasteiger partial charge in [0.25, 0.3) is 0 Å². The number of para-hydroxylation sites is 2. The van der Waals surface area contributed by atoms with E-state index in [0.717, 1.165) is 32.9 Å². The van der Waals surface area contributed by atoms with E-state index in [1.165, 1.54) is 0 Å². The standard InChI is InChI=1S/C31H33N7O4/c1-31(2,3)42-30(41)34-18-27(39)35-25(16-22-17-33-24-12-5-4-11-23(22)24)29(40)36-26-13-15-38(37-26)19-21-9-6-8-20-10-7-14-32-28(20)21/h4-15,17,25,33H,16,18-19H2,1-3H3,(H,34,41)(H,35,39)(H,36,37,40)/t25-/m0/s1. The molecule has 3 aromatic heterocycles. The molecule has 0 unspecified atom stereocenters. The van der Waals surface area contributed by atoms with Crippen molar-refractivity contribution in [3.63, 3.8) is 0 Å². The number of anilines is 1. The number of amides is 3. The molecule has 5 rings (SSSR count). The van der Waals surface area contributed by atoms with Crippen LogP contribution in [0.15, 0.2) is 79.3 Å². The lowest BCUT2D eigenvalue weighted by Crippen LogP contribution is -2.49. The van der Waals surface area contributed by atoms with E-state index >= 15 is 0 Å². The Bertz CT molecular complexity index is 1730. The van der Waals surface area contributed by atoms with Crippen molar-refractivity contribution < 1.29 is 19.1 Å². The van der Waals surface area contributed by atoms with E-state index in [2.05, 4.69) is 31.0 Å². The Morgan fingerprint density at radius 2 is 1.81 bits per heavy atom. The zero-order chi connectivity index (χ0) is 29.7. The number of aromatic amines is 1. The van der Waals surface area contributed by atoms with Gasteiger partial charge in [0.2, 0.25) is 11.8 Å². The number of hydrogen-bond donors (Lipinski definition) is 4. The van der Waals surface area contributed by atoms with Crippen molar-refractivity contribution in [2.24, 2.45) is 0 Å². The first-order chi connectivity index (χ1) is 20.1. The number of ether oxygens (including phenoxy) is 1. The van der Waals surface area contributed by atoms with Gasteiger partial charge in [0, 0.05) is 47.4 Å². The third-order valence-electron chi connectivity index (χ3n) is 6.48. The molecule has 0 bridgehead atoms. The Balaban J connectivity index is 1.29. The molecule has 42 heavy (non-hydrogen) atoms. The maximum atomic E-state index is 13.5. The third-order valence-corrected chi connectivity index (χ3v) is 6.48. The van der Waals surface area contributed by atoms with Gasteiger partial charge in [0.15, 0.2) is 5.82 Å². The molecular weight excluding hydrogens is 534 g/mol. The van der Waals surface area contributed by atoms with Gasteiger partial charge in [-0.15, -0.1) is 0 Å². The zero-order valence-electron chi connectivity index (χ0n) is 23.7. The quantitative estimate of drug-likeness (QED) is 0.211. The second kappa shape index (κ2) is 12.1. The molecule has 0 saturated carbocycles. The molecule has 0 radical (unpaired) electrons. The van der Waals surface area contributed by atoms with Gasteiger partial charge in [0.1, 0.15) is 18.2 Å². The topological polar surface area (TPSA) is 143 Å². The van der Waals surface area contributed by atoms with Crippen molar-refractivity contribution in [1.82, 2.24) is 30.4 Å². The van der Waals surface area contributed by atoms with E-state index in [9.17, 15) is 14.4 Å². The van der Waals surface area contributed by atoms with Gasteiger partial charge in [-0.2, -0.15) is 5.10 Å². The number of carbonyl (C=O) groups excluding carboxylic acids is 3. The lowest BCUT2D eigenvalue weighted by Gasteiger charge is -2.20. The molecule has 3 amide bonds. The molecule has 216 valence electrons. The fourth-order valence-corrected chi connectivity index (χ4v) is 4.64. The highest BCUT2D eigenvalue weighted by molar-refractivity contribution is 5.98. The van der Waals surface area contributed by atoms with Crippen molar-refractivity contribution in [3.05, 3.63) is 90.4 Å². The summed E-state index contributed by atoms with van der Waals surface area (Å²) in [7, 11) is 0. The summed E-state index contributed by atoms with van der Waals surface area (Å²) in [5.41, 5.74) is 2.97. The van der Waals surface area contributed by atoms with E-state index in [1.807, 2.05) is 60.8 Å². The number of alkyl carbamates (subject to hydrolysis) is 1. The largest absolute Gasteiger partial charge is 0.444 e. The lowest BCUT2D eigenvalue weighted by atomic mass is 10.0. The highest BCUT2D eigenvalue weighted by Crippen LogP contribution is 2.20. The van der Waals surface area contributed by atoms with Crippen molar-refractivity contribution in [2.75, 3.05) is 11.9 Å². The Morgan fingerprint density at radius 3 is 2.64 bits per heavy atom. The fourth-order valence-electron chi connectivity index (χ4n) is 4.64. The van der Waals surface area contributed by atoms with Crippen molar-refractivity contribution >= 4 is 45.5 Å². The summed E-state index contributed by atoms with van der Waals surface area (Å²) in [5.74, 6) is -0.629. The first-order valence-electron chi connectivity index (χ1n) is 13.6. The molecule has 0 aliphatic carbocycles. The first kappa shape index (κ1) is 28.3. The SMILES string of the molecule is CC(C)(C)OC(=O)NCC(=O)N[C@@H](Cc1c[nH]c2ccccc12)C(=O)Nc1ccn(Cc2cccc3cccnc23)n1. The van der Waals surface area contributed by atoms with Crippen molar-refractivity contribution in [2.45, 2.75) is 45.4 Å². The van der Waals surface area contributed by atoms with E-state index in [0.29, 0.717) is 12.4 Å². The highest BCUT2D eigenvalue weighted by Gasteiger charge is 2.24. The van der Waals surface area contributed by atoms with Gasteiger partial charge in [-0.25, -0.2) is 4.79 Å². The highest BCUT2D eigenvalue weighted by atomic mass is 16.6. The van der Waals surface area contributed by atoms with E-state index in [-0.39, 0.29) is 13.0 Å². The number of benzene rings is 2. The summed E-state index contributed by atoms with van der Waals surface area (Å²) in [6.07, 6.45) is 4.85. The number of hydrogen-bond acceptors (Lipinski definition) is 6. The zero-order valence-corrected chi connectivity index (χ0v) is 23.7. The molecule has 0 aliphatic rings. The van der Waals surface area contributed by atoms with Crippen molar-refractivity contribution in [3.8, 4) is 0 Å². The molecule has 11 nitrogen and oxygen atoms in total. The molecule has 0 spiro atoms. The number of carbonyl (C=O) groups is 3. The molecule has 5 aromatic rings. The minimum atomic E-state index is -0.940. The molecule has 11 heteroatoms. The van der Waals surface area contributed by atoms with Crippen LogP contribution in [0.1, 0.15) is 31.9 Å². The van der Waals surface area contributed by atoms with Gasteiger partial charge in [0.05, 0.1) is 12.1 Å². The number of nitrogens with zero attached hydrogens (tertiary/aromatic N) is 3. The summed E-state index contributed by atoms with van der Waals surface area (Å²) in [5, 5.41) is 14.5. The van der Waals surface area contributed by atoms with E-state index in [4.69, 9.17) is 4.74 Å². The number of pyridine rings is 1. The first-order valence-corrected chi connectivity index (χ1v) is 13.6. The van der Waals surface area contributed by atoms with Crippen LogP contribution in [0, 0.1) is 0 Å². The van der Waals surface area contributed by atoms with Gasteiger partial charge >= 0.3 is 6.09 Å². The van der Waals surface area contributed by atoms with Gasteiger partial charge in [-0.1, -0.05) is 42.5 Å². The number of fused-ring (bicyclic) bond motifs is 2. The minimum absolute atomic E-state index is 0.219. The van der Waals surface area contributed by atoms with Crippen LogP contribution in [0.5, 0.6) is 0 Å². The molecule has 2 aromatic carbocycles. The van der Waals surface area contributed by atoms with Gasteiger partial charge in [-0.3, -0.25) is 19.3 Å². The Labute approximate surface area is 242 Å².